The van der Waals surface area contributed by atoms with Crippen molar-refractivity contribution in [3.05, 3.63) is 24.0 Å². The van der Waals surface area contributed by atoms with Crippen LogP contribution in [0.4, 0.5) is 0 Å². The Morgan fingerprint density at radius 2 is 2.05 bits per heavy atom. The summed E-state index contributed by atoms with van der Waals surface area (Å²) >= 11 is 0. The van der Waals surface area contributed by atoms with E-state index >= 15 is 0 Å². The number of hydrogen-bond acceptors (Lipinski definition) is 2. The topological polar surface area (TPSA) is 60.0 Å². The summed E-state index contributed by atoms with van der Waals surface area (Å²) in [5, 5.41) is 2.96. The molecule has 1 rings (SSSR count). The van der Waals surface area contributed by atoms with Crippen LogP contribution in [0.25, 0.3) is 0 Å². The van der Waals surface area contributed by atoms with E-state index in [0.717, 1.165) is 38.2 Å². The Kier molecular flexibility index (Phi) is 7.26. The van der Waals surface area contributed by atoms with Crippen LogP contribution in [0.3, 0.4) is 0 Å². The number of nitrogens with zero attached hydrogens (tertiary/aromatic N) is 1. The molecule has 0 atom stereocenters. The fraction of sp³-hybridized carbons (Fsp3) is 0.667. The second-order valence-corrected chi connectivity index (χ2v) is 5.39. The Hall–Kier alpha value is -1.29. The largest absolute Gasteiger partial charge is 0.351 e. The molecule has 0 saturated carbocycles. The predicted octanol–water partition coefficient (Wildman–Crippen LogP) is 2.39. The second-order valence-electron chi connectivity index (χ2n) is 5.39. The predicted molar refractivity (Wildman–Crippen MR) is 79.1 cm³/mol. The molecule has 0 bridgehead atoms. The normalized spacial score (nSPS) is 10.9. The SMILES string of the molecule is CC(C)CNC(=O)c1cccn1CCCCCCN. The van der Waals surface area contributed by atoms with Gasteiger partial charge in [0.1, 0.15) is 5.69 Å². The van der Waals surface area contributed by atoms with Crippen molar-refractivity contribution in [2.75, 3.05) is 13.1 Å². The van der Waals surface area contributed by atoms with Gasteiger partial charge in [-0.2, -0.15) is 0 Å². The number of carbonyl (C=O) groups excluding carboxylic acids is 1. The first-order valence-corrected chi connectivity index (χ1v) is 7.28. The smallest absolute Gasteiger partial charge is 0.267 e. The van der Waals surface area contributed by atoms with Crippen LogP contribution in [0.5, 0.6) is 0 Å². The number of carbonyl (C=O) groups is 1. The average Bonchev–Trinajstić information content (AvgIpc) is 2.84. The fourth-order valence-electron chi connectivity index (χ4n) is 1.98. The molecule has 1 aromatic heterocycles. The highest BCUT2D eigenvalue weighted by Gasteiger charge is 2.10. The standard InChI is InChI=1S/C15H27N3O/c1-13(2)12-17-15(19)14-8-7-11-18(14)10-6-4-3-5-9-16/h7-8,11,13H,3-6,9-10,12,16H2,1-2H3,(H,17,19). The van der Waals surface area contributed by atoms with Gasteiger partial charge < -0.3 is 15.6 Å². The highest BCUT2D eigenvalue weighted by Crippen LogP contribution is 2.07. The van der Waals surface area contributed by atoms with Crippen molar-refractivity contribution in [1.29, 1.82) is 0 Å². The molecule has 0 aliphatic carbocycles. The minimum absolute atomic E-state index is 0.0284. The van der Waals surface area contributed by atoms with Gasteiger partial charge in [0.2, 0.25) is 0 Å². The number of amides is 1. The summed E-state index contributed by atoms with van der Waals surface area (Å²) in [4.78, 5) is 12.0. The molecule has 4 nitrogen and oxygen atoms in total. The van der Waals surface area contributed by atoms with Crippen molar-refractivity contribution in [2.45, 2.75) is 46.1 Å². The number of nitrogens with two attached hydrogens (primary N) is 1. The first kappa shape index (κ1) is 15.8. The Labute approximate surface area is 116 Å². The molecule has 19 heavy (non-hydrogen) atoms. The number of aryl methyl sites for hydroxylation is 1. The summed E-state index contributed by atoms with van der Waals surface area (Å²) in [5.74, 6) is 0.504. The molecular weight excluding hydrogens is 238 g/mol. The van der Waals surface area contributed by atoms with E-state index in [1.165, 1.54) is 12.8 Å². The summed E-state index contributed by atoms with van der Waals surface area (Å²) < 4.78 is 2.04. The minimum Gasteiger partial charge on any atom is -0.351 e. The lowest BCUT2D eigenvalue weighted by Crippen LogP contribution is -2.29. The zero-order valence-corrected chi connectivity index (χ0v) is 12.2. The summed E-state index contributed by atoms with van der Waals surface area (Å²) in [6, 6.07) is 3.82. The molecular formula is C15H27N3O. The van der Waals surface area contributed by atoms with Crippen LogP contribution in [0.1, 0.15) is 50.0 Å². The number of unbranched alkanes of at least 4 members (excludes halogenated alkanes) is 3. The van der Waals surface area contributed by atoms with Gasteiger partial charge in [0.15, 0.2) is 0 Å². The lowest BCUT2D eigenvalue weighted by molar-refractivity contribution is 0.0939. The molecule has 0 aliphatic rings. The van der Waals surface area contributed by atoms with Gasteiger partial charge in [0.05, 0.1) is 0 Å². The molecule has 1 heterocycles. The van der Waals surface area contributed by atoms with Gasteiger partial charge in [-0.1, -0.05) is 26.7 Å². The van der Waals surface area contributed by atoms with Crippen molar-refractivity contribution in [2.24, 2.45) is 11.7 Å². The number of hydrogen-bond donors (Lipinski definition) is 2. The number of aromatic nitrogens is 1. The lowest BCUT2D eigenvalue weighted by atomic mass is 10.2. The first-order valence-electron chi connectivity index (χ1n) is 7.28. The molecule has 0 saturated heterocycles. The lowest BCUT2D eigenvalue weighted by Gasteiger charge is -2.11. The zero-order valence-electron chi connectivity index (χ0n) is 12.2. The van der Waals surface area contributed by atoms with E-state index in [1.807, 2.05) is 22.9 Å². The Morgan fingerprint density at radius 1 is 1.32 bits per heavy atom. The molecule has 0 spiro atoms. The molecule has 1 aromatic rings. The number of nitrogens with one attached hydrogen (secondary N) is 1. The molecule has 4 heteroatoms. The van der Waals surface area contributed by atoms with E-state index in [2.05, 4.69) is 19.2 Å². The Morgan fingerprint density at radius 3 is 2.74 bits per heavy atom. The highest BCUT2D eigenvalue weighted by molar-refractivity contribution is 5.92. The van der Waals surface area contributed by atoms with Gasteiger partial charge in [0.25, 0.3) is 5.91 Å². The summed E-state index contributed by atoms with van der Waals surface area (Å²) in [7, 11) is 0. The van der Waals surface area contributed by atoms with Crippen molar-refractivity contribution in [3.63, 3.8) is 0 Å². The van der Waals surface area contributed by atoms with Gasteiger partial charge >= 0.3 is 0 Å². The maximum Gasteiger partial charge on any atom is 0.267 e. The Balaban J connectivity index is 2.39. The first-order chi connectivity index (χ1) is 9.15. The average molecular weight is 265 g/mol. The maximum absolute atomic E-state index is 12.0. The van der Waals surface area contributed by atoms with Crippen LogP contribution in [0, 0.1) is 5.92 Å². The monoisotopic (exact) mass is 265 g/mol. The molecule has 108 valence electrons. The van der Waals surface area contributed by atoms with E-state index in [4.69, 9.17) is 5.73 Å². The van der Waals surface area contributed by atoms with E-state index in [-0.39, 0.29) is 5.91 Å². The second kappa shape index (κ2) is 8.75. The van der Waals surface area contributed by atoms with Gasteiger partial charge in [-0.3, -0.25) is 4.79 Å². The third-order valence-corrected chi connectivity index (χ3v) is 3.09. The molecule has 3 N–H and O–H groups in total. The molecule has 0 radical (unpaired) electrons. The van der Waals surface area contributed by atoms with Gasteiger partial charge in [-0.15, -0.1) is 0 Å². The summed E-state index contributed by atoms with van der Waals surface area (Å²) in [6.45, 7) is 6.59. The molecule has 0 aliphatic heterocycles. The third-order valence-electron chi connectivity index (χ3n) is 3.09. The van der Waals surface area contributed by atoms with E-state index < -0.39 is 0 Å². The van der Waals surface area contributed by atoms with Gasteiger partial charge in [-0.05, 0) is 37.4 Å². The molecule has 0 aromatic carbocycles. The molecule has 0 fully saturated rings. The van der Waals surface area contributed by atoms with E-state index in [9.17, 15) is 4.79 Å². The van der Waals surface area contributed by atoms with Crippen LogP contribution in [0.15, 0.2) is 18.3 Å². The highest BCUT2D eigenvalue weighted by atomic mass is 16.1. The van der Waals surface area contributed by atoms with E-state index in [0.29, 0.717) is 5.92 Å². The van der Waals surface area contributed by atoms with E-state index in [1.54, 1.807) is 0 Å². The maximum atomic E-state index is 12.0. The van der Waals surface area contributed by atoms with Crippen molar-refractivity contribution >= 4 is 5.91 Å². The van der Waals surface area contributed by atoms with Crippen LogP contribution in [0.2, 0.25) is 0 Å². The van der Waals surface area contributed by atoms with Gasteiger partial charge in [0, 0.05) is 19.3 Å². The van der Waals surface area contributed by atoms with Gasteiger partial charge in [-0.25, -0.2) is 0 Å². The van der Waals surface area contributed by atoms with Crippen molar-refractivity contribution < 1.29 is 4.79 Å². The van der Waals surface area contributed by atoms with Crippen molar-refractivity contribution in [1.82, 2.24) is 9.88 Å². The Bertz CT molecular complexity index is 371. The zero-order chi connectivity index (χ0) is 14.1. The fourth-order valence-corrected chi connectivity index (χ4v) is 1.98. The minimum atomic E-state index is 0.0284. The van der Waals surface area contributed by atoms with Crippen LogP contribution in [-0.2, 0) is 6.54 Å². The third kappa shape index (κ3) is 5.92. The van der Waals surface area contributed by atoms with Crippen LogP contribution < -0.4 is 11.1 Å². The van der Waals surface area contributed by atoms with Crippen molar-refractivity contribution in [3.8, 4) is 0 Å². The quantitative estimate of drug-likeness (QED) is 0.674. The molecule has 0 unspecified atom stereocenters. The summed E-state index contributed by atoms with van der Waals surface area (Å²) in [6.07, 6.45) is 6.51. The van der Waals surface area contributed by atoms with Crippen LogP contribution in [-0.4, -0.2) is 23.6 Å². The van der Waals surface area contributed by atoms with Crippen LogP contribution >= 0.6 is 0 Å². The summed E-state index contributed by atoms with van der Waals surface area (Å²) in [5.41, 5.74) is 6.23. The molecule has 1 amide bonds. The number of rotatable bonds is 9.